The van der Waals surface area contributed by atoms with Crippen LogP contribution in [0.2, 0.25) is 0 Å². The van der Waals surface area contributed by atoms with Crippen LogP contribution < -0.4 is 0 Å². The molecule has 0 aromatic carbocycles. The summed E-state index contributed by atoms with van der Waals surface area (Å²) >= 11 is 0. The monoisotopic (exact) mass is 327 g/mol. The summed E-state index contributed by atoms with van der Waals surface area (Å²) in [4.78, 5) is 2.24. The lowest BCUT2D eigenvalue weighted by Crippen LogP contribution is -2.26. The van der Waals surface area contributed by atoms with E-state index in [4.69, 9.17) is 8.74 Å². The summed E-state index contributed by atoms with van der Waals surface area (Å²) in [6, 6.07) is 0.468. The third kappa shape index (κ3) is 9.21. The molecule has 0 saturated carbocycles. The first-order valence-corrected chi connectivity index (χ1v) is 8.91. The van der Waals surface area contributed by atoms with Crippen molar-refractivity contribution in [2.24, 2.45) is 0 Å². The molecule has 0 amide bonds. The van der Waals surface area contributed by atoms with E-state index in [0.29, 0.717) is 11.4 Å². The molecular weight excluding hydrogens is 306 g/mol. The van der Waals surface area contributed by atoms with Crippen molar-refractivity contribution in [2.75, 3.05) is 20.2 Å². The maximum absolute atomic E-state index is 10.9. The largest absolute Gasteiger partial charge is 0.303 e. The van der Waals surface area contributed by atoms with Gasteiger partial charge in [0.1, 0.15) is 0 Å². The lowest BCUT2D eigenvalue weighted by atomic mass is 10.2. The minimum absolute atomic E-state index is 0.253. The number of rotatable bonds is 6. The standard InChI is InChI=1S/C9H17NO3S.C2H4O3S/c1-3-14(11,12)13-8-6-9-5-4-7-10(9)2;1-2-6(3,4)5/h3,9H,1,4-8H2,2H3;2H,1H2,(H,3,4,5). The van der Waals surface area contributed by atoms with Gasteiger partial charge in [0, 0.05) is 6.04 Å². The van der Waals surface area contributed by atoms with Crippen LogP contribution in [0.4, 0.5) is 0 Å². The first kappa shape index (κ1) is 19.3. The van der Waals surface area contributed by atoms with E-state index in [0.717, 1.165) is 24.8 Å². The lowest BCUT2D eigenvalue weighted by molar-refractivity contribution is 0.238. The zero-order chi connectivity index (χ0) is 15.8. The zero-order valence-electron chi connectivity index (χ0n) is 11.4. The Morgan fingerprint density at radius 1 is 1.30 bits per heavy atom. The SMILES string of the molecule is C=CS(=O)(=O)O.C=CS(=O)(=O)OCCC1CCCN1C. The van der Waals surface area contributed by atoms with Crippen LogP contribution in [0.25, 0.3) is 0 Å². The van der Waals surface area contributed by atoms with Crippen molar-refractivity contribution in [2.45, 2.75) is 25.3 Å². The highest BCUT2D eigenvalue weighted by Crippen LogP contribution is 2.17. The zero-order valence-corrected chi connectivity index (χ0v) is 13.1. The average molecular weight is 327 g/mol. The molecule has 1 fully saturated rings. The van der Waals surface area contributed by atoms with E-state index in [1.165, 1.54) is 6.42 Å². The summed E-state index contributed by atoms with van der Waals surface area (Å²) in [5.41, 5.74) is 0. The summed E-state index contributed by atoms with van der Waals surface area (Å²) in [6.45, 7) is 7.32. The number of nitrogens with zero attached hydrogens (tertiary/aromatic N) is 1. The van der Waals surface area contributed by atoms with Gasteiger partial charge in [0.25, 0.3) is 20.2 Å². The van der Waals surface area contributed by atoms with Crippen LogP contribution in [0.5, 0.6) is 0 Å². The topological polar surface area (TPSA) is 101 Å². The first-order valence-electron chi connectivity index (χ1n) is 5.93. The minimum Gasteiger partial charge on any atom is -0.303 e. The van der Waals surface area contributed by atoms with E-state index in [1.807, 2.05) is 0 Å². The molecule has 1 unspecified atom stereocenters. The molecule has 9 heteroatoms. The number of likely N-dealkylation sites (tertiary alicyclic amines) is 1. The summed E-state index contributed by atoms with van der Waals surface area (Å²) < 4.78 is 53.1. The fraction of sp³-hybridized carbons (Fsp3) is 0.636. The van der Waals surface area contributed by atoms with Crippen LogP contribution in [-0.4, -0.2) is 52.5 Å². The van der Waals surface area contributed by atoms with Gasteiger partial charge in [-0.1, -0.05) is 13.2 Å². The van der Waals surface area contributed by atoms with Gasteiger partial charge in [0.2, 0.25) is 0 Å². The maximum Gasteiger partial charge on any atom is 0.289 e. The molecule has 1 heterocycles. The van der Waals surface area contributed by atoms with Crippen molar-refractivity contribution in [1.29, 1.82) is 0 Å². The van der Waals surface area contributed by atoms with E-state index in [1.54, 1.807) is 0 Å². The highest BCUT2D eigenvalue weighted by atomic mass is 32.2. The Hall–Kier alpha value is -0.740. The van der Waals surface area contributed by atoms with Crippen LogP contribution in [0, 0.1) is 0 Å². The van der Waals surface area contributed by atoms with Gasteiger partial charge in [-0.25, -0.2) is 0 Å². The van der Waals surface area contributed by atoms with Crippen molar-refractivity contribution >= 4 is 20.2 Å². The molecule has 118 valence electrons. The van der Waals surface area contributed by atoms with Crippen LogP contribution in [-0.2, 0) is 24.4 Å². The summed E-state index contributed by atoms with van der Waals surface area (Å²) in [5, 5.41) is 1.30. The minimum atomic E-state index is -3.90. The van der Waals surface area contributed by atoms with Crippen molar-refractivity contribution in [3.05, 3.63) is 24.0 Å². The van der Waals surface area contributed by atoms with Crippen molar-refractivity contribution in [3.63, 3.8) is 0 Å². The third-order valence-corrected chi connectivity index (χ3v) is 4.11. The van der Waals surface area contributed by atoms with Gasteiger partial charge in [-0.15, -0.1) is 0 Å². The Kier molecular flexibility index (Phi) is 8.21. The number of hydrogen-bond acceptors (Lipinski definition) is 6. The van der Waals surface area contributed by atoms with E-state index < -0.39 is 20.2 Å². The molecule has 1 N–H and O–H groups in total. The van der Waals surface area contributed by atoms with Crippen molar-refractivity contribution < 1.29 is 25.6 Å². The second-order valence-electron chi connectivity index (χ2n) is 4.23. The molecule has 20 heavy (non-hydrogen) atoms. The van der Waals surface area contributed by atoms with Crippen LogP contribution in [0.3, 0.4) is 0 Å². The molecule has 0 bridgehead atoms. The molecule has 0 aromatic heterocycles. The number of hydrogen-bond donors (Lipinski definition) is 1. The van der Waals surface area contributed by atoms with Gasteiger partial charge in [-0.05, 0) is 32.9 Å². The van der Waals surface area contributed by atoms with Gasteiger partial charge < -0.3 is 4.90 Å². The van der Waals surface area contributed by atoms with E-state index in [2.05, 4.69) is 25.1 Å². The molecule has 0 spiro atoms. The highest BCUT2D eigenvalue weighted by molar-refractivity contribution is 7.89. The van der Waals surface area contributed by atoms with E-state index in [9.17, 15) is 16.8 Å². The molecule has 0 aromatic rings. The van der Waals surface area contributed by atoms with Gasteiger partial charge >= 0.3 is 0 Å². The molecule has 0 radical (unpaired) electrons. The predicted molar refractivity (Wildman–Crippen MR) is 77.1 cm³/mol. The molecule has 1 aliphatic rings. The summed E-state index contributed by atoms with van der Waals surface area (Å²) in [7, 11) is -5.33. The highest BCUT2D eigenvalue weighted by Gasteiger charge is 2.20. The maximum atomic E-state index is 10.9. The van der Waals surface area contributed by atoms with E-state index in [-0.39, 0.29) is 6.61 Å². The molecular formula is C11H21NO6S2. The van der Waals surface area contributed by atoms with Gasteiger partial charge in [0.05, 0.1) is 17.4 Å². The van der Waals surface area contributed by atoms with Crippen LogP contribution in [0.1, 0.15) is 19.3 Å². The molecule has 0 aliphatic carbocycles. The first-order chi connectivity index (χ1) is 9.11. The summed E-state index contributed by atoms with van der Waals surface area (Å²) in [6.07, 6.45) is 3.09. The van der Waals surface area contributed by atoms with Gasteiger partial charge in [0.15, 0.2) is 0 Å². The van der Waals surface area contributed by atoms with Gasteiger partial charge in [-0.2, -0.15) is 16.8 Å². The van der Waals surface area contributed by atoms with Crippen LogP contribution >= 0.6 is 0 Å². The Balaban J connectivity index is 0.000000511. The summed E-state index contributed by atoms with van der Waals surface area (Å²) in [5.74, 6) is 0. The molecule has 1 rings (SSSR count). The molecule has 1 atom stereocenters. The van der Waals surface area contributed by atoms with Crippen molar-refractivity contribution in [3.8, 4) is 0 Å². The third-order valence-electron chi connectivity index (χ3n) is 2.78. The smallest absolute Gasteiger partial charge is 0.289 e. The fourth-order valence-corrected chi connectivity index (χ4v) is 2.12. The quantitative estimate of drug-likeness (QED) is 0.573. The van der Waals surface area contributed by atoms with Crippen LogP contribution in [0.15, 0.2) is 24.0 Å². The molecule has 1 aliphatic heterocycles. The molecule has 1 saturated heterocycles. The average Bonchev–Trinajstić information content (AvgIpc) is 2.75. The van der Waals surface area contributed by atoms with Crippen molar-refractivity contribution in [1.82, 2.24) is 4.90 Å². The van der Waals surface area contributed by atoms with Gasteiger partial charge in [-0.3, -0.25) is 8.74 Å². The normalized spacial score (nSPS) is 20.0. The predicted octanol–water partition coefficient (Wildman–Crippen LogP) is 0.978. The second-order valence-corrected chi connectivity index (χ2v) is 7.15. The molecule has 7 nitrogen and oxygen atoms in total. The Morgan fingerprint density at radius 3 is 2.20 bits per heavy atom. The Labute approximate surface area is 120 Å². The fourth-order valence-electron chi connectivity index (χ4n) is 1.69. The van der Waals surface area contributed by atoms with E-state index >= 15 is 0 Å². The Morgan fingerprint density at radius 2 is 1.85 bits per heavy atom. The Bertz CT molecular complexity index is 499. The second kappa shape index (κ2) is 8.53. The lowest BCUT2D eigenvalue weighted by Gasteiger charge is -2.18.